The predicted octanol–water partition coefficient (Wildman–Crippen LogP) is 5.27. The number of fused-ring (bicyclic) bond motifs is 1. The van der Waals surface area contributed by atoms with Crippen molar-refractivity contribution in [3.05, 3.63) is 88.7 Å². The van der Waals surface area contributed by atoms with E-state index >= 15 is 0 Å². The smallest absolute Gasteiger partial charge is 0.336 e. The third-order valence-electron chi connectivity index (χ3n) is 7.27. The molecule has 1 fully saturated rings. The van der Waals surface area contributed by atoms with Crippen molar-refractivity contribution in [3.63, 3.8) is 0 Å². The number of benzene rings is 2. The van der Waals surface area contributed by atoms with Crippen molar-refractivity contribution in [2.75, 3.05) is 48.4 Å². The number of carbonyl (C=O) groups is 1. The number of piperazine rings is 1. The summed E-state index contributed by atoms with van der Waals surface area (Å²) >= 11 is 6.58. The molecule has 0 saturated carbocycles. The maximum Gasteiger partial charge on any atom is 0.336 e. The zero-order chi connectivity index (χ0) is 28.3. The fourth-order valence-corrected chi connectivity index (χ4v) is 5.46. The average Bonchev–Trinajstić information content (AvgIpc) is 2.99. The van der Waals surface area contributed by atoms with Crippen LogP contribution in [0.25, 0.3) is 0 Å². The maximum atomic E-state index is 14.1. The second-order valence-corrected chi connectivity index (χ2v) is 10.5. The van der Waals surface area contributed by atoms with E-state index in [2.05, 4.69) is 37.6 Å². The van der Waals surface area contributed by atoms with Crippen molar-refractivity contribution >= 4 is 46.6 Å². The van der Waals surface area contributed by atoms with Crippen LogP contribution in [-0.2, 0) is 13.1 Å². The normalized spacial score (nSPS) is 15.5. The molecule has 2 amide bonds. The fourth-order valence-electron chi connectivity index (χ4n) is 5.13. The van der Waals surface area contributed by atoms with Crippen LogP contribution in [0.15, 0.2) is 67.0 Å². The second kappa shape index (κ2) is 11.7. The van der Waals surface area contributed by atoms with Crippen LogP contribution in [-0.4, -0.2) is 59.2 Å². The number of aryl methyl sites for hydroxylation is 1. The van der Waals surface area contributed by atoms with Gasteiger partial charge in [-0.3, -0.25) is 9.80 Å². The zero-order valence-electron chi connectivity index (χ0n) is 23.0. The Bertz CT molecular complexity index is 1520. The highest BCUT2D eigenvalue weighted by Gasteiger charge is 2.36. The van der Waals surface area contributed by atoms with Crippen LogP contribution in [0.4, 0.5) is 33.8 Å². The molecule has 4 aromatic rings. The number of hydrogen-bond donors (Lipinski definition) is 2. The minimum atomic E-state index is -0.312. The molecule has 210 valence electrons. The van der Waals surface area contributed by atoms with Gasteiger partial charge in [0.1, 0.15) is 11.6 Å². The number of para-hydroxylation sites is 1. The Kier molecular flexibility index (Phi) is 7.69. The minimum absolute atomic E-state index is 0.270. The highest BCUT2D eigenvalue weighted by Crippen LogP contribution is 2.39. The quantitative estimate of drug-likeness (QED) is 0.310. The van der Waals surface area contributed by atoms with Gasteiger partial charge >= 0.3 is 6.03 Å². The minimum Gasteiger partial charge on any atom is -0.495 e. The molecule has 2 N–H and O–H groups in total. The summed E-state index contributed by atoms with van der Waals surface area (Å²) in [6.45, 7) is 7.27. The van der Waals surface area contributed by atoms with Crippen molar-refractivity contribution in [3.8, 4) is 5.75 Å². The number of amides is 2. The summed E-state index contributed by atoms with van der Waals surface area (Å²) in [7, 11) is 1.57. The van der Waals surface area contributed by atoms with Gasteiger partial charge in [0.15, 0.2) is 5.82 Å². The Morgan fingerprint density at radius 3 is 2.54 bits per heavy atom. The van der Waals surface area contributed by atoms with E-state index in [9.17, 15) is 4.79 Å². The van der Waals surface area contributed by atoms with Crippen LogP contribution in [0, 0.1) is 6.92 Å². The topological polar surface area (TPSA) is 98.8 Å². The molecule has 2 aliphatic rings. The van der Waals surface area contributed by atoms with Crippen molar-refractivity contribution < 1.29 is 9.53 Å². The Balaban J connectivity index is 1.31. The standard InChI is InChI=1S/C30H31ClN8O2/c1-20-4-3-5-25(31)27(20)38-19-22-16-34-29(35-23-8-6-21(7-9-23)18-37-14-12-32-13-15-37)36-28(22)39(30(38)40)26-11-10-24(41-2)17-33-26/h3-11,16-17,32H,12-15,18-19H2,1-2H3,(H,34,35,36). The molecule has 0 atom stereocenters. The molecule has 1 saturated heterocycles. The molecule has 10 nitrogen and oxygen atoms in total. The SMILES string of the molecule is COc1ccc(N2C(=O)N(c3c(C)cccc3Cl)Cc3cnc(Nc4ccc(CN5CCNCC5)cc4)nc32)nc1. The Morgan fingerprint density at radius 1 is 1.02 bits per heavy atom. The van der Waals surface area contributed by atoms with Gasteiger partial charge in [-0.05, 0) is 48.4 Å². The van der Waals surface area contributed by atoms with Crippen LogP contribution < -0.4 is 25.2 Å². The van der Waals surface area contributed by atoms with Gasteiger partial charge < -0.3 is 15.4 Å². The summed E-state index contributed by atoms with van der Waals surface area (Å²) < 4.78 is 5.28. The third kappa shape index (κ3) is 5.67. The molecule has 2 aliphatic heterocycles. The molecule has 2 aromatic carbocycles. The van der Waals surface area contributed by atoms with Gasteiger partial charge in [-0.2, -0.15) is 4.98 Å². The van der Waals surface area contributed by atoms with Crippen molar-refractivity contribution in [1.29, 1.82) is 0 Å². The summed E-state index contributed by atoms with van der Waals surface area (Å²) in [5.74, 6) is 1.84. The van der Waals surface area contributed by atoms with Gasteiger partial charge in [-0.25, -0.2) is 19.7 Å². The number of carbonyl (C=O) groups excluding carboxylic acids is 1. The number of aromatic nitrogens is 3. The van der Waals surface area contributed by atoms with Crippen molar-refractivity contribution in [1.82, 2.24) is 25.2 Å². The van der Waals surface area contributed by atoms with Crippen LogP contribution in [0.1, 0.15) is 16.7 Å². The molecule has 0 radical (unpaired) electrons. The molecule has 2 aromatic heterocycles. The molecule has 0 spiro atoms. The van der Waals surface area contributed by atoms with Crippen molar-refractivity contribution in [2.45, 2.75) is 20.0 Å². The molecule has 41 heavy (non-hydrogen) atoms. The van der Waals surface area contributed by atoms with Crippen LogP contribution in [0.5, 0.6) is 5.75 Å². The van der Waals surface area contributed by atoms with E-state index in [4.69, 9.17) is 21.3 Å². The number of hydrogen-bond acceptors (Lipinski definition) is 8. The van der Waals surface area contributed by atoms with E-state index < -0.39 is 0 Å². The molecule has 6 rings (SSSR count). The lowest BCUT2D eigenvalue weighted by Crippen LogP contribution is -2.46. The maximum absolute atomic E-state index is 14.1. The highest BCUT2D eigenvalue weighted by atomic mass is 35.5. The Hall–Kier alpha value is -4.25. The summed E-state index contributed by atoms with van der Waals surface area (Å²) in [6, 6.07) is 17.0. The number of halogens is 1. The second-order valence-electron chi connectivity index (χ2n) is 10.1. The number of urea groups is 1. The third-order valence-corrected chi connectivity index (χ3v) is 7.58. The van der Waals surface area contributed by atoms with Gasteiger partial charge in [0, 0.05) is 50.2 Å². The number of anilines is 5. The summed E-state index contributed by atoms with van der Waals surface area (Å²) in [5.41, 5.74) is 4.40. The molecule has 0 aliphatic carbocycles. The monoisotopic (exact) mass is 570 g/mol. The molecule has 0 unspecified atom stereocenters. The largest absolute Gasteiger partial charge is 0.495 e. The average molecular weight is 571 g/mol. The number of rotatable bonds is 7. The highest BCUT2D eigenvalue weighted by molar-refractivity contribution is 6.34. The summed E-state index contributed by atoms with van der Waals surface area (Å²) in [6.07, 6.45) is 3.32. The Morgan fingerprint density at radius 2 is 1.83 bits per heavy atom. The lowest BCUT2D eigenvalue weighted by atomic mass is 10.1. The number of ether oxygens (including phenoxy) is 1. The first kappa shape index (κ1) is 26.9. The predicted molar refractivity (Wildman–Crippen MR) is 161 cm³/mol. The van der Waals surface area contributed by atoms with E-state index in [1.807, 2.05) is 31.2 Å². The Labute approximate surface area is 243 Å². The van der Waals surface area contributed by atoms with Gasteiger partial charge in [0.2, 0.25) is 5.95 Å². The van der Waals surface area contributed by atoms with Gasteiger partial charge in [0.05, 0.1) is 30.6 Å². The van der Waals surface area contributed by atoms with Gasteiger partial charge in [-0.15, -0.1) is 0 Å². The molecular formula is C30H31ClN8O2. The lowest BCUT2D eigenvalue weighted by molar-refractivity contribution is 0.233. The number of methoxy groups -OCH3 is 1. The molecule has 4 heterocycles. The number of nitrogens with one attached hydrogen (secondary N) is 2. The lowest BCUT2D eigenvalue weighted by Gasteiger charge is -2.36. The van der Waals surface area contributed by atoms with E-state index in [1.54, 1.807) is 42.6 Å². The zero-order valence-corrected chi connectivity index (χ0v) is 23.7. The van der Waals surface area contributed by atoms with Crippen LogP contribution in [0.3, 0.4) is 0 Å². The molecule has 11 heteroatoms. The first-order valence-corrected chi connectivity index (χ1v) is 13.9. The van der Waals surface area contributed by atoms with Crippen LogP contribution in [0.2, 0.25) is 5.02 Å². The fraction of sp³-hybridized carbons (Fsp3) is 0.267. The van der Waals surface area contributed by atoms with Crippen molar-refractivity contribution in [2.24, 2.45) is 0 Å². The first-order valence-electron chi connectivity index (χ1n) is 13.5. The van der Waals surface area contributed by atoms with E-state index in [0.717, 1.165) is 49.5 Å². The first-order chi connectivity index (χ1) is 20.0. The van der Waals surface area contributed by atoms with E-state index in [0.29, 0.717) is 34.0 Å². The molecular weight excluding hydrogens is 540 g/mol. The van der Waals surface area contributed by atoms with Gasteiger partial charge in [-0.1, -0.05) is 35.9 Å². The summed E-state index contributed by atoms with van der Waals surface area (Å²) in [5, 5.41) is 7.17. The number of nitrogens with zero attached hydrogens (tertiary/aromatic N) is 6. The summed E-state index contributed by atoms with van der Waals surface area (Å²) in [4.78, 5) is 33.5. The van der Waals surface area contributed by atoms with E-state index in [-0.39, 0.29) is 12.6 Å². The van der Waals surface area contributed by atoms with E-state index in [1.165, 1.54) is 10.5 Å². The number of pyridine rings is 1. The van der Waals surface area contributed by atoms with Gasteiger partial charge in [0.25, 0.3) is 0 Å². The van der Waals surface area contributed by atoms with Crippen LogP contribution >= 0.6 is 11.6 Å². The molecule has 0 bridgehead atoms.